The number of fused-ring (bicyclic) bond motifs is 1. The average Bonchev–Trinajstić information content (AvgIpc) is 2.50. The Bertz CT molecular complexity index is 291. The topological polar surface area (TPSA) is 17.1 Å². The van der Waals surface area contributed by atoms with E-state index in [4.69, 9.17) is 0 Å². The molecule has 0 aromatic heterocycles. The van der Waals surface area contributed by atoms with Crippen LogP contribution < -0.4 is 0 Å². The smallest absolute Gasteiger partial charge is 0.199 e. The summed E-state index contributed by atoms with van der Waals surface area (Å²) in [6.07, 6.45) is 4.81. The molecule has 0 bridgehead atoms. The molecule has 2 rings (SSSR count). The minimum atomic E-state index is 0.443. The van der Waals surface area contributed by atoms with Crippen molar-refractivity contribution in [1.29, 1.82) is 0 Å². The van der Waals surface area contributed by atoms with Crippen LogP contribution in [-0.4, -0.2) is 6.29 Å². The Kier molecular flexibility index (Phi) is 1.94. The molecule has 0 spiro atoms. The highest BCUT2D eigenvalue weighted by Gasteiger charge is 2.20. The van der Waals surface area contributed by atoms with Crippen molar-refractivity contribution in [2.75, 3.05) is 0 Å². The Balaban J connectivity index is 2.29. The molecule has 1 heteroatoms. The molecule has 0 amide bonds. The van der Waals surface area contributed by atoms with Crippen LogP contribution in [0.2, 0.25) is 0 Å². The van der Waals surface area contributed by atoms with Gasteiger partial charge in [0.25, 0.3) is 0 Å². The highest BCUT2D eigenvalue weighted by atomic mass is 16.1. The van der Waals surface area contributed by atoms with Gasteiger partial charge in [-0.1, -0.05) is 24.3 Å². The van der Waals surface area contributed by atoms with Gasteiger partial charge < -0.3 is 0 Å². The van der Waals surface area contributed by atoms with Crippen LogP contribution >= 0.6 is 0 Å². The van der Waals surface area contributed by atoms with Crippen molar-refractivity contribution in [2.24, 2.45) is 0 Å². The summed E-state index contributed by atoms with van der Waals surface area (Å²) in [6.45, 7) is 0. The van der Waals surface area contributed by atoms with E-state index in [1.807, 2.05) is 12.4 Å². The number of rotatable bonds is 2. The van der Waals surface area contributed by atoms with Crippen LogP contribution in [0.3, 0.4) is 0 Å². The van der Waals surface area contributed by atoms with E-state index in [2.05, 4.69) is 18.2 Å². The molecule has 0 aliphatic heterocycles. The third-order valence-corrected chi connectivity index (χ3v) is 2.59. The Morgan fingerprint density at radius 3 is 3.08 bits per heavy atom. The van der Waals surface area contributed by atoms with Crippen LogP contribution in [0, 0.1) is 0 Å². The van der Waals surface area contributed by atoms with Crippen molar-refractivity contribution in [3.8, 4) is 0 Å². The molecule has 1 aromatic carbocycles. The summed E-state index contributed by atoms with van der Waals surface area (Å²) in [5.74, 6) is 0.443. The van der Waals surface area contributed by atoms with Crippen molar-refractivity contribution in [1.82, 2.24) is 0 Å². The van der Waals surface area contributed by atoms with E-state index in [1.54, 1.807) is 0 Å². The fourth-order valence-corrected chi connectivity index (χ4v) is 1.96. The Morgan fingerprint density at radius 2 is 2.25 bits per heavy atom. The summed E-state index contributed by atoms with van der Waals surface area (Å²) in [7, 11) is 0. The number of benzene rings is 1. The van der Waals surface area contributed by atoms with Gasteiger partial charge >= 0.3 is 0 Å². The molecule has 1 aliphatic carbocycles. The van der Waals surface area contributed by atoms with E-state index >= 15 is 0 Å². The van der Waals surface area contributed by atoms with E-state index in [1.165, 1.54) is 11.1 Å². The van der Waals surface area contributed by atoms with Gasteiger partial charge in [-0.2, -0.15) is 0 Å². The fourth-order valence-electron chi connectivity index (χ4n) is 1.96. The lowest BCUT2D eigenvalue weighted by Crippen LogP contribution is -1.93. The molecular weight excluding hydrogens is 148 g/mol. The lowest BCUT2D eigenvalue weighted by molar-refractivity contribution is 0.540. The average molecular weight is 159 g/mol. The highest BCUT2D eigenvalue weighted by Crippen LogP contribution is 2.34. The van der Waals surface area contributed by atoms with E-state index in [-0.39, 0.29) is 0 Å². The first-order chi connectivity index (χ1) is 5.92. The monoisotopic (exact) mass is 159 g/mol. The van der Waals surface area contributed by atoms with Gasteiger partial charge in [0.2, 0.25) is 0 Å². The minimum Gasteiger partial charge on any atom is -0.291 e. The van der Waals surface area contributed by atoms with Crippen LogP contribution in [0.25, 0.3) is 0 Å². The molecule has 61 valence electrons. The predicted molar refractivity (Wildman–Crippen MR) is 47.8 cm³/mol. The van der Waals surface area contributed by atoms with Crippen molar-refractivity contribution in [2.45, 2.75) is 25.2 Å². The lowest BCUT2D eigenvalue weighted by atomic mass is 9.99. The minimum absolute atomic E-state index is 0.443. The van der Waals surface area contributed by atoms with Gasteiger partial charge in [-0.3, -0.25) is 4.79 Å². The number of hydrogen-bond donors (Lipinski definition) is 0. The predicted octanol–water partition coefficient (Wildman–Crippen LogP) is 2.22. The molecule has 0 fully saturated rings. The van der Waals surface area contributed by atoms with Crippen molar-refractivity contribution in [3.05, 3.63) is 35.4 Å². The third-order valence-electron chi connectivity index (χ3n) is 2.59. The van der Waals surface area contributed by atoms with E-state index < -0.39 is 0 Å². The molecule has 1 radical (unpaired) electrons. The van der Waals surface area contributed by atoms with Gasteiger partial charge in [0.1, 0.15) is 0 Å². The first kappa shape index (κ1) is 7.53. The summed E-state index contributed by atoms with van der Waals surface area (Å²) in [5.41, 5.74) is 2.78. The Labute approximate surface area is 72.4 Å². The summed E-state index contributed by atoms with van der Waals surface area (Å²) >= 11 is 0. The molecule has 0 heterocycles. The summed E-state index contributed by atoms with van der Waals surface area (Å²) < 4.78 is 0. The molecule has 1 aromatic rings. The maximum Gasteiger partial charge on any atom is 0.199 e. The Morgan fingerprint density at radius 1 is 1.42 bits per heavy atom. The molecule has 0 saturated carbocycles. The largest absolute Gasteiger partial charge is 0.291 e. The molecule has 12 heavy (non-hydrogen) atoms. The first-order valence-electron chi connectivity index (χ1n) is 4.34. The van der Waals surface area contributed by atoms with Gasteiger partial charge in [-0.15, -0.1) is 0 Å². The molecular formula is C11H11O. The Hall–Kier alpha value is -1.11. The second kappa shape index (κ2) is 3.10. The van der Waals surface area contributed by atoms with Gasteiger partial charge in [0.15, 0.2) is 6.29 Å². The molecule has 1 aliphatic rings. The maximum atomic E-state index is 10.2. The molecule has 0 saturated heterocycles. The maximum absolute atomic E-state index is 10.2. The number of carbonyl (C=O) groups excluding carboxylic acids is 1. The quantitative estimate of drug-likeness (QED) is 0.646. The molecule has 1 unspecified atom stereocenters. The van der Waals surface area contributed by atoms with Crippen LogP contribution in [0.5, 0.6) is 0 Å². The van der Waals surface area contributed by atoms with Crippen molar-refractivity contribution < 1.29 is 4.79 Å². The zero-order valence-electron chi connectivity index (χ0n) is 6.92. The summed E-state index contributed by atoms with van der Waals surface area (Å²) in [6, 6.07) is 8.39. The third kappa shape index (κ3) is 1.15. The van der Waals surface area contributed by atoms with Gasteiger partial charge in [-0.25, -0.2) is 0 Å². The standard InChI is InChI=1S/C11H11O/c12-8-7-10-6-5-9-3-1-2-4-11(9)10/h1-4,10H,5-7H2. The zero-order chi connectivity index (χ0) is 8.39. The van der Waals surface area contributed by atoms with E-state index in [9.17, 15) is 4.79 Å². The lowest BCUT2D eigenvalue weighted by Gasteiger charge is -2.05. The van der Waals surface area contributed by atoms with Crippen LogP contribution in [0.15, 0.2) is 24.3 Å². The number of aryl methyl sites for hydroxylation is 1. The van der Waals surface area contributed by atoms with Crippen LogP contribution in [0.4, 0.5) is 0 Å². The van der Waals surface area contributed by atoms with Gasteiger partial charge in [0, 0.05) is 6.42 Å². The highest BCUT2D eigenvalue weighted by molar-refractivity contribution is 5.54. The molecule has 0 N–H and O–H groups in total. The SMILES string of the molecule is O=[C]CC1CCc2ccccc21. The van der Waals surface area contributed by atoms with Crippen molar-refractivity contribution >= 4 is 6.29 Å². The van der Waals surface area contributed by atoms with E-state index in [0.29, 0.717) is 12.3 Å². The van der Waals surface area contributed by atoms with Crippen LogP contribution in [-0.2, 0) is 11.2 Å². The zero-order valence-corrected chi connectivity index (χ0v) is 6.92. The van der Waals surface area contributed by atoms with Crippen LogP contribution in [0.1, 0.15) is 29.9 Å². The first-order valence-corrected chi connectivity index (χ1v) is 4.34. The second-order valence-corrected chi connectivity index (χ2v) is 3.28. The van der Waals surface area contributed by atoms with Gasteiger partial charge in [-0.05, 0) is 29.9 Å². The summed E-state index contributed by atoms with van der Waals surface area (Å²) in [4.78, 5) is 10.2. The second-order valence-electron chi connectivity index (χ2n) is 3.28. The normalized spacial score (nSPS) is 20.5. The molecule has 1 atom stereocenters. The summed E-state index contributed by atoms with van der Waals surface area (Å²) in [5, 5.41) is 0. The molecule has 1 nitrogen and oxygen atoms in total. The fraction of sp³-hybridized carbons (Fsp3) is 0.364. The van der Waals surface area contributed by atoms with Gasteiger partial charge in [0.05, 0.1) is 0 Å². The number of hydrogen-bond acceptors (Lipinski definition) is 1. The van der Waals surface area contributed by atoms with Crippen molar-refractivity contribution in [3.63, 3.8) is 0 Å². The van der Waals surface area contributed by atoms with E-state index in [0.717, 1.165) is 12.8 Å².